The quantitative estimate of drug-likeness (QED) is 0.829. The first-order chi connectivity index (χ1) is 8.06. The average Bonchev–Trinajstić information content (AvgIpc) is 2.68. The highest BCUT2D eigenvalue weighted by atomic mass is 32.1. The Kier molecular flexibility index (Phi) is 3.23. The molecule has 0 fully saturated rings. The normalized spacial score (nSPS) is 11.0. The van der Waals surface area contributed by atoms with Crippen molar-refractivity contribution in [2.24, 2.45) is 0 Å². The number of halogens is 2. The Labute approximate surface area is 100 Å². The van der Waals surface area contributed by atoms with Crippen LogP contribution in [0.2, 0.25) is 0 Å². The molecule has 3 N–H and O–H groups in total. The fourth-order valence-electron chi connectivity index (χ4n) is 1.43. The van der Waals surface area contributed by atoms with Crippen LogP contribution >= 0.6 is 11.3 Å². The van der Waals surface area contributed by atoms with Crippen LogP contribution in [0.4, 0.5) is 14.5 Å². The van der Waals surface area contributed by atoms with E-state index in [0.29, 0.717) is 10.6 Å². The number of thiophene rings is 1. The minimum Gasteiger partial charge on any atom is -0.399 e. The largest absolute Gasteiger partial charge is 0.399 e. The van der Waals surface area contributed by atoms with Crippen LogP contribution in [0.1, 0.15) is 9.67 Å². The number of hydrogen-bond acceptors (Lipinski definition) is 3. The van der Waals surface area contributed by atoms with Gasteiger partial charge in [-0.05, 0) is 29.7 Å². The SMILES string of the molecule is Nc1ccc2sc(C(=O)NCC(F)F)cc2c1. The summed E-state index contributed by atoms with van der Waals surface area (Å²) in [6.45, 7) is -0.630. The van der Waals surface area contributed by atoms with E-state index in [1.807, 2.05) is 0 Å². The van der Waals surface area contributed by atoms with E-state index in [1.165, 1.54) is 11.3 Å². The first-order valence-electron chi connectivity index (χ1n) is 4.91. The molecule has 0 aliphatic carbocycles. The standard InChI is InChI=1S/C11H10F2N2OS/c12-10(13)5-15-11(16)9-4-6-3-7(14)1-2-8(6)17-9/h1-4,10H,5,14H2,(H,15,16). The first kappa shape index (κ1) is 11.8. The number of carbonyl (C=O) groups is 1. The lowest BCUT2D eigenvalue weighted by Gasteiger charge is -2.00. The van der Waals surface area contributed by atoms with Gasteiger partial charge in [-0.1, -0.05) is 0 Å². The Morgan fingerprint density at radius 2 is 2.18 bits per heavy atom. The Morgan fingerprint density at radius 3 is 2.88 bits per heavy atom. The van der Waals surface area contributed by atoms with Crippen molar-refractivity contribution in [3.8, 4) is 0 Å². The lowest BCUT2D eigenvalue weighted by molar-refractivity contribution is 0.0895. The van der Waals surface area contributed by atoms with Crippen LogP contribution in [0.3, 0.4) is 0 Å². The lowest BCUT2D eigenvalue weighted by atomic mass is 10.2. The van der Waals surface area contributed by atoms with Gasteiger partial charge in [0.1, 0.15) is 0 Å². The van der Waals surface area contributed by atoms with Crippen molar-refractivity contribution in [1.82, 2.24) is 5.32 Å². The molecule has 3 nitrogen and oxygen atoms in total. The highest BCUT2D eigenvalue weighted by Gasteiger charge is 2.12. The van der Waals surface area contributed by atoms with Crippen molar-refractivity contribution in [2.75, 3.05) is 12.3 Å². The molecule has 0 aliphatic rings. The van der Waals surface area contributed by atoms with E-state index < -0.39 is 18.9 Å². The molecule has 1 amide bonds. The van der Waals surface area contributed by atoms with E-state index in [-0.39, 0.29) is 0 Å². The van der Waals surface area contributed by atoms with Gasteiger partial charge >= 0.3 is 0 Å². The third kappa shape index (κ3) is 2.71. The molecule has 0 saturated carbocycles. The van der Waals surface area contributed by atoms with E-state index in [0.717, 1.165) is 10.1 Å². The summed E-state index contributed by atoms with van der Waals surface area (Å²) in [5, 5.41) is 3.01. The number of amides is 1. The first-order valence-corrected chi connectivity index (χ1v) is 5.73. The third-order valence-corrected chi connectivity index (χ3v) is 3.30. The van der Waals surface area contributed by atoms with Gasteiger partial charge in [-0.3, -0.25) is 4.79 Å². The molecule has 0 bridgehead atoms. The molecule has 0 atom stereocenters. The van der Waals surface area contributed by atoms with Gasteiger partial charge in [0.15, 0.2) is 0 Å². The van der Waals surface area contributed by atoms with Gasteiger partial charge in [-0.2, -0.15) is 0 Å². The fraction of sp³-hybridized carbons (Fsp3) is 0.182. The van der Waals surface area contributed by atoms with Gasteiger partial charge in [0, 0.05) is 10.4 Å². The number of carbonyl (C=O) groups excluding carboxylic acids is 1. The van der Waals surface area contributed by atoms with E-state index in [2.05, 4.69) is 5.32 Å². The minimum absolute atomic E-state index is 0.409. The van der Waals surface area contributed by atoms with E-state index in [4.69, 9.17) is 5.73 Å². The predicted molar refractivity (Wildman–Crippen MR) is 64.6 cm³/mol. The Balaban J connectivity index is 2.21. The number of hydrogen-bond donors (Lipinski definition) is 2. The highest BCUT2D eigenvalue weighted by molar-refractivity contribution is 7.20. The molecule has 1 aromatic carbocycles. The van der Waals surface area contributed by atoms with Gasteiger partial charge in [0.2, 0.25) is 0 Å². The summed E-state index contributed by atoms with van der Waals surface area (Å²) in [6, 6.07) is 6.94. The summed E-state index contributed by atoms with van der Waals surface area (Å²) < 4.78 is 24.8. The van der Waals surface area contributed by atoms with Crippen molar-refractivity contribution >= 4 is 33.0 Å². The summed E-state index contributed by atoms with van der Waals surface area (Å²) >= 11 is 1.25. The van der Waals surface area contributed by atoms with Crippen LogP contribution in [0.15, 0.2) is 24.3 Å². The molecule has 90 valence electrons. The zero-order valence-electron chi connectivity index (χ0n) is 8.74. The van der Waals surface area contributed by atoms with Gasteiger partial charge in [-0.25, -0.2) is 8.78 Å². The van der Waals surface area contributed by atoms with E-state index in [9.17, 15) is 13.6 Å². The second-order valence-corrected chi connectivity index (χ2v) is 4.59. The van der Waals surface area contributed by atoms with Gasteiger partial charge in [-0.15, -0.1) is 11.3 Å². The predicted octanol–water partition coefficient (Wildman–Crippen LogP) is 2.48. The number of nitrogen functional groups attached to an aromatic ring is 1. The number of rotatable bonds is 3. The molecule has 0 radical (unpaired) electrons. The number of anilines is 1. The monoisotopic (exact) mass is 256 g/mol. The molecule has 1 aromatic heterocycles. The summed E-state index contributed by atoms with van der Waals surface area (Å²) in [6.07, 6.45) is -2.54. The van der Waals surface area contributed by atoms with Gasteiger partial charge in [0.25, 0.3) is 12.3 Å². The van der Waals surface area contributed by atoms with Crippen molar-refractivity contribution in [2.45, 2.75) is 6.43 Å². The summed E-state index contributed by atoms with van der Waals surface area (Å²) in [4.78, 5) is 11.9. The van der Waals surface area contributed by atoms with Crippen molar-refractivity contribution in [3.05, 3.63) is 29.1 Å². The van der Waals surface area contributed by atoms with Crippen LogP contribution in [0, 0.1) is 0 Å². The van der Waals surface area contributed by atoms with Crippen LogP contribution in [-0.4, -0.2) is 18.9 Å². The molecular weight excluding hydrogens is 246 g/mol. The molecule has 0 saturated heterocycles. The molecule has 17 heavy (non-hydrogen) atoms. The van der Waals surface area contributed by atoms with Gasteiger partial charge < -0.3 is 11.1 Å². The van der Waals surface area contributed by atoms with Crippen molar-refractivity contribution < 1.29 is 13.6 Å². The molecule has 0 unspecified atom stereocenters. The smallest absolute Gasteiger partial charge is 0.261 e. The second kappa shape index (κ2) is 4.67. The van der Waals surface area contributed by atoms with Crippen LogP contribution in [0.25, 0.3) is 10.1 Å². The minimum atomic E-state index is -2.54. The molecule has 2 aromatic rings. The number of nitrogens with two attached hydrogens (primary N) is 1. The number of nitrogens with one attached hydrogen (secondary N) is 1. The highest BCUT2D eigenvalue weighted by Crippen LogP contribution is 2.27. The maximum atomic E-state index is 11.9. The topological polar surface area (TPSA) is 55.1 Å². The van der Waals surface area contributed by atoms with E-state index >= 15 is 0 Å². The number of fused-ring (bicyclic) bond motifs is 1. The average molecular weight is 256 g/mol. The van der Waals surface area contributed by atoms with Crippen molar-refractivity contribution in [3.63, 3.8) is 0 Å². The maximum Gasteiger partial charge on any atom is 0.261 e. The maximum absolute atomic E-state index is 11.9. The molecule has 0 spiro atoms. The Hall–Kier alpha value is -1.69. The van der Waals surface area contributed by atoms with Gasteiger partial charge in [0.05, 0.1) is 11.4 Å². The number of benzene rings is 1. The van der Waals surface area contributed by atoms with Crippen LogP contribution in [-0.2, 0) is 0 Å². The fourth-order valence-corrected chi connectivity index (χ4v) is 2.39. The number of alkyl halides is 2. The Bertz CT molecular complexity index is 553. The third-order valence-electron chi connectivity index (χ3n) is 2.18. The van der Waals surface area contributed by atoms with Crippen LogP contribution < -0.4 is 11.1 Å². The van der Waals surface area contributed by atoms with Crippen LogP contribution in [0.5, 0.6) is 0 Å². The van der Waals surface area contributed by atoms with E-state index in [1.54, 1.807) is 24.3 Å². The lowest BCUT2D eigenvalue weighted by Crippen LogP contribution is -2.27. The molecule has 2 rings (SSSR count). The molecule has 6 heteroatoms. The summed E-state index contributed by atoms with van der Waals surface area (Å²) in [7, 11) is 0. The summed E-state index contributed by atoms with van der Waals surface area (Å²) in [5.41, 5.74) is 6.22. The summed E-state index contributed by atoms with van der Waals surface area (Å²) in [5.74, 6) is -0.481. The molecule has 0 aliphatic heterocycles. The zero-order chi connectivity index (χ0) is 12.4. The zero-order valence-corrected chi connectivity index (χ0v) is 9.56. The second-order valence-electron chi connectivity index (χ2n) is 3.51. The van der Waals surface area contributed by atoms with Crippen molar-refractivity contribution in [1.29, 1.82) is 0 Å². The Morgan fingerprint density at radius 1 is 1.41 bits per heavy atom. The molecule has 1 heterocycles. The molecular formula is C11H10F2N2OS.